The predicted octanol–water partition coefficient (Wildman–Crippen LogP) is 2.22. The summed E-state index contributed by atoms with van der Waals surface area (Å²) in [7, 11) is 4.33. The second-order valence-corrected chi connectivity index (χ2v) is 7.14. The number of nitrogens with one attached hydrogen (secondary N) is 1. The number of anilines is 1. The molecular weight excluding hydrogens is 457 g/mol. The smallest absolute Gasteiger partial charge is 0.193 e. The van der Waals surface area contributed by atoms with Crippen LogP contribution in [0.15, 0.2) is 23.2 Å². The van der Waals surface area contributed by atoms with Gasteiger partial charge in [-0.05, 0) is 52.2 Å². The molecule has 2 aliphatic heterocycles. The zero-order valence-corrected chi connectivity index (χ0v) is 18.6. The van der Waals surface area contributed by atoms with Crippen molar-refractivity contribution in [2.75, 3.05) is 58.8 Å². The van der Waals surface area contributed by atoms with E-state index in [2.05, 4.69) is 34.2 Å². The van der Waals surface area contributed by atoms with Crippen LogP contribution in [0.25, 0.3) is 0 Å². The summed E-state index contributed by atoms with van der Waals surface area (Å²) in [6.45, 7) is 5.28. The SMILES string of the molecule is CN(C)C1CCN(CCN=C(N)Nc2ccc3c(c2)OCCCO3)CC1.I. The number of nitrogens with two attached hydrogens (primary N) is 1. The standard InChI is InChI=1S/C19H31N5O2.HI/c1-23(2)16-6-9-24(10-7-16)11-8-21-19(20)22-15-4-5-17-18(14-15)26-13-3-12-25-17;/h4-5,14,16H,3,6-13H2,1-2H3,(H3,20,21,22);1H. The van der Waals surface area contributed by atoms with Gasteiger partial charge in [-0.2, -0.15) is 0 Å². The van der Waals surface area contributed by atoms with E-state index in [1.54, 1.807) is 0 Å². The zero-order valence-electron chi connectivity index (χ0n) is 16.3. The van der Waals surface area contributed by atoms with E-state index in [0.29, 0.717) is 31.8 Å². The van der Waals surface area contributed by atoms with Crippen LogP contribution in [-0.2, 0) is 0 Å². The average Bonchev–Trinajstić information content (AvgIpc) is 2.87. The molecule has 0 amide bonds. The van der Waals surface area contributed by atoms with E-state index >= 15 is 0 Å². The van der Waals surface area contributed by atoms with E-state index in [4.69, 9.17) is 15.2 Å². The van der Waals surface area contributed by atoms with Crippen LogP contribution >= 0.6 is 24.0 Å². The van der Waals surface area contributed by atoms with Gasteiger partial charge in [0.2, 0.25) is 0 Å². The summed E-state index contributed by atoms with van der Waals surface area (Å²) in [4.78, 5) is 9.25. The van der Waals surface area contributed by atoms with Crippen LogP contribution in [0.1, 0.15) is 19.3 Å². The molecule has 0 aromatic heterocycles. The molecule has 27 heavy (non-hydrogen) atoms. The lowest BCUT2D eigenvalue weighted by molar-refractivity contribution is 0.148. The summed E-state index contributed by atoms with van der Waals surface area (Å²) in [6, 6.07) is 6.46. The first kappa shape index (κ1) is 22.0. The molecule has 1 aromatic carbocycles. The normalized spacial score (nSPS) is 18.7. The van der Waals surface area contributed by atoms with Crippen molar-refractivity contribution in [1.82, 2.24) is 9.80 Å². The monoisotopic (exact) mass is 489 g/mol. The molecule has 0 saturated carbocycles. The Morgan fingerprint density at radius 1 is 1.22 bits per heavy atom. The number of fused-ring (bicyclic) bond motifs is 1. The molecule has 1 aromatic rings. The molecular formula is C19H32IN5O2. The number of benzene rings is 1. The van der Waals surface area contributed by atoms with Crippen LogP contribution in [0, 0.1) is 0 Å². The van der Waals surface area contributed by atoms with E-state index in [9.17, 15) is 0 Å². The highest BCUT2D eigenvalue weighted by Crippen LogP contribution is 2.32. The predicted molar refractivity (Wildman–Crippen MR) is 121 cm³/mol. The third kappa shape index (κ3) is 6.69. The van der Waals surface area contributed by atoms with Gasteiger partial charge >= 0.3 is 0 Å². The first-order chi connectivity index (χ1) is 12.6. The van der Waals surface area contributed by atoms with Crippen molar-refractivity contribution < 1.29 is 9.47 Å². The highest BCUT2D eigenvalue weighted by atomic mass is 127. The van der Waals surface area contributed by atoms with Crippen molar-refractivity contribution in [3.05, 3.63) is 18.2 Å². The molecule has 3 N–H and O–H groups in total. The lowest BCUT2D eigenvalue weighted by Crippen LogP contribution is -2.42. The maximum Gasteiger partial charge on any atom is 0.193 e. The van der Waals surface area contributed by atoms with Gasteiger partial charge in [-0.3, -0.25) is 4.99 Å². The van der Waals surface area contributed by atoms with Crippen molar-refractivity contribution in [2.45, 2.75) is 25.3 Å². The average molecular weight is 489 g/mol. The molecule has 2 heterocycles. The number of hydrogen-bond acceptors (Lipinski definition) is 5. The fraction of sp³-hybridized carbons (Fsp3) is 0.632. The van der Waals surface area contributed by atoms with Crippen molar-refractivity contribution in [2.24, 2.45) is 10.7 Å². The van der Waals surface area contributed by atoms with Gasteiger partial charge in [0.25, 0.3) is 0 Å². The number of ether oxygens (including phenoxy) is 2. The van der Waals surface area contributed by atoms with Gasteiger partial charge in [-0.1, -0.05) is 0 Å². The van der Waals surface area contributed by atoms with Gasteiger partial charge in [-0.15, -0.1) is 24.0 Å². The zero-order chi connectivity index (χ0) is 18.4. The van der Waals surface area contributed by atoms with Crippen LogP contribution in [0.4, 0.5) is 5.69 Å². The van der Waals surface area contributed by atoms with Crippen LogP contribution < -0.4 is 20.5 Å². The molecule has 7 nitrogen and oxygen atoms in total. The molecule has 3 rings (SSSR count). The number of halogens is 1. The first-order valence-corrected chi connectivity index (χ1v) is 9.47. The van der Waals surface area contributed by atoms with E-state index in [1.807, 2.05) is 18.2 Å². The Labute approximate surface area is 179 Å². The van der Waals surface area contributed by atoms with Gasteiger partial charge in [0, 0.05) is 30.8 Å². The Morgan fingerprint density at radius 3 is 2.63 bits per heavy atom. The fourth-order valence-electron chi connectivity index (χ4n) is 3.40. The Hall–Kier alpha value is -1.26. The molecule has 0 unspecified atom stereocenters. The van der Waals surface area contributed by atoms with E-state index in [0.717, 1.165) is 43.2 Å². The molecule has 2 aliphatic rings. The summed E-state index contributed by atoms with van der Waals surface area (Å²) in [5.74, 6) is 1.97. The Balaban J connectivity index is 0.00000261. The number of guanidine groups is 1. The highest BCUT2D eigenvalue weighted by molar-refractivity contribution is 14.0. The van der Waals surface area contributed by atoms with Crippen LogP contribution in [-0.4, -0.2) is 75.3 Å². The van der Waals surface area contributed by atoms with E-state index in [1.165, 1.54) is 12.8 Å². The number of likely N-dealkylation sites (tertiary alicyclic amines) is 1. The van der Waals surface area contributed by atoms with E-state index in [-0.39, 0.29) is 24.0 Å². The number of piperidine rings is 1. The third-order valence-electron chi connectivity index (χ3n) is 5.01. The molecule has 0 atom stereocenters. The molecule has 0 bridgehead atoms. The number of hydrogen-bond donors (Lipinski definition) is 2. The Bertz CT molecular complexity index is 618. The quantitative estimate of drug-likeness (QED) is 0.376. The number of aliphatic imine (C=N–C) groups is 1. The van der Waals surface area contributed by atoms with Gasteiger partial charge in [0.1, 0.15) is 0 Å². The maximum atomic E-state index is 6.03. The number of rotatable bonds is 5. The second kappa shape index (κ2) is 10.9. The van der Waals surface area contributed by atoms with Gasteiger partial charge in [-0.25, -0.2) is 0 Å². The second-order valence-electron chi connectivity index (χ2n) is 7.14. The van der Waals surface area contributed by atoms with Crippen molar-refractivity contribution in [3.63, 3.8) is 0 Å². The Kier molecular flexibility index (Phi) is 8.91. The molecule has 1 fully saturated rings. The molecule has 0 spiro atoms. The van der Waals surface area contributed by atoms with Crippen molar-refractivity contribution in [3.8, 4) is 11.5 Å². The largest absolute Gasteiger partial charge is 0.490 e. The van der Waals surface area contributed by atoms with Crippen molar-refractivity contribution >= 4 is 35.6 Å². The summed E-state index contributed by atoms with van der Waals surface area (Å²) in [5, 5.41) is 3.14. The van der Waals surface area contributed by atoms with Crippen LogP contribution in [0.3, 0.4) is 0 Å². The fourth-order valence-corrected chi connectivity index (χ4v) is 3.40. The molecule has 8 heteroatoms. The molecule has 1 saturated heterocycles. The molecule has 0 radical (unpaired) electrons. The molecule has 0 aliphatic carbocycles. The van der Waals surface area contributed by atoms with Gasteiger partial charge < -0.3 is 30.3 Å². The summed E-state index contributed by atoms with van der Waals surface area (Å²) in [6.07, 6.45) is 3.34. The van der Waals surface area contributed by atoms with Gasteiger partial charge in [0.15, 0.2) is 17.5 Å². The maximum absolute atomic E-state index is 6.03. The lowest BCUT2D eigenvalue weighted by atomic mass is 10.0. The van der Waals surface area contributed by atoms with E-state index < -0.39 is 0 Å². The van der Waals surface area contributed by atoms with Crippen molar-refractivity contribution in [1.29, 1.82) is 0 Å². The van der Waals surface area contributed by atoms with Gasteiger partial charge in [0.05, 0.1) is 19.8 Å². The summed E-state index contributed by atoms with van der Waals surface area (Å²) in [5.41, 5.74) is 6.89. The summed E-state index contributed by atoms with van der Waals surface area (Å²) < 4.78 is 11.3. The van der Waals surface area contributed by atoms with Crippen LogP contribution in [0.2, 0.25) is 0 Å². The molecule has 152 valence electrons. The summed E-state index contributed by atoms with van der Waals surface area (Å²) >= 11 is 0. The Morgan fingerprint density at radius 2 is 1.93 bits per heavy atom. The highest BCUT2D eigenvalue weighted by Gasteiger charge is 2.19. The minimum atomic E-state index is 0. The lowest BCUT2D eigenvalue weighted by Gasteiger charge is -2.34. The third-order valence-corrected chi connectivity index (χ3v) is 5.01. The number of nitrogens with zero attached hydrogens (tertiary/aromatic N) is 3. The minimum Gasteiger partial charge on any atom is -0.490 e. The first-order valence-electron chi connectivity index (χ1n) is 9.47. The minimum absolute atomic E-state index is 0. The topological polar surface area (TPSA) is 75.4 Å². The van der Waals surface area contributed by atoms with Crippen LogP contribution in [0.5, 0.6) is 11.5 Å².